The van der Waals surface area contributed by atoms with E-state index in [9.17, 15) is 14.0 Å². The van der Waals surface area contributed by atoms with Gasteiger partial charge in [-0.15, -0.1) is 0 Å². The molecule has 1 aliphatic heterocycles. The summed E-state index contributed by atoms with van der Waals surface area (Å²) in [5, 5.41) is 3.09. The molecule has 2 amide bonds. The van der Waals surface area contributed by atoms with Crippen LogP contribution in [0.15, 0.2) is 66.7 Å². The number of aromatic nitrogens is 1. The summed E-state index contributed by atoms with van der Waals surface area (Å²) in [7, 11) is 0. The van der Waals surface area contributed by atoms with Crippen molar-refractivity contribution in [3.8, 4) is 0 Å². The van der Waals surface area contributed by atoms with E-state index in [1.807, 2.05) is 56.3 Å². The van der Waals surface area contributed by atoms with Gasteiger partial charge in [0.25, 0.3) is 11.8 Å². The molecule has 1 fully saturated rings. The number of carbonyl (C=O) groups is 2. The van der Waals surface area contributed by atoms with Crippen LogP contribution in [-0.2, 0) is 0 Å². The lowest BCUT2D eigenvalue weighted by Crippen LogP contribution is -2.38. The summed E-state index contributed by atoms with van der Waals surface area (Å²) >= 11 is 0. The van der Waals surface area contributed by atoms with Crippen molar-refractivity contribution >= 4 is 11.8 Å². The van der Waals surface area contributed by atoms with E-state index in [-0.39, 0.29) is 23.8 Å². The van der Waals surface area contributed by atoms with Crippen molar-refractivity contribution in [2.75, 3.05) is 13.1 Å². The summed E-state index contributed by atoms with van der Waals surface area (Å²) < 4.78 is 13.5. The highest BCUT2D eigenvalue weighted by atomic mass is 19.1. The standard InChI is InChI=1S/C27H28FN3O2/c1-18-11-12-24(26(32)30-19(2)20-7-4-3-5-8-20)25(29-18)21-13-15-31(16-14-21)27(33)22-9-6-10-23(28)17-22/h3-12,17,19,21H,13-16H2,1-2H3,(H,30,32). The summed E-state index contributed by atoms with van der Waals surface area (Å²) in [5.74, 6) is -0.652. The number of piperidine rings is 1. The SMILES string of the molecule is Cc1ccc(C(=O)NC(C)c2ccccc2)c(C2CCN(C(=O)c3cccc(F)c3)CC2)n1. The molecule has 1 saturated heterocycles. The zero-order valence-corrected chi connectivity index (χ0v) is 18.9. The fraction of sp³-hybridized carbons (Fsp3) is 0.296. The first kappa shape index (κ1) is 22.6. The Morgan fingerprint density at radius 1 is 1.03 bits per heavy atom. The molecule has 0 saturated carbocycles. The molecular formula is C27H28FN3O2. The second-order valence-corrected chi connectivity index (χ2v) is 8.57. The predicted molar refractivity (Wildman–Crippen MR) is 126 cm³/mol. The molecule has 1 atom stereocenters. The van der Waals surface area contributed by atoms with E-state index in [1.54, 1.807) is 17.0 Å². The summed E-state index contributed by atoms with van der Waals surface area (Å²) in [4.78, 5) is 32.4. The molecular weight excluding hydrogens is 417 g/mol. The molecule has 1 aromatic heterocycles. The number of halogens is 1. The van der Waals surface area contributed by atoms with Crippen LogP contribution in [0.25, 0.3) is 0 Å². The number of carbonyl (C=O) groups excluding carboxylic acids is 2. The van der Waals surface area contributed by atoms with E-state index >= 15 is 0 Å². The number of likely N-dealkylation sites (tertiary alicyclic amines) is 1. The molecule has 170 valence electrons. The van der Waals surface area contributed by atoms with E-state index in [4.69, 9.17) is 4.98 Å². The zero-order chi connectivity index (χ0) is 23.4. The fourth-order valence-corrected chi connectivity index (χ4v) is 4.34. The van der Waals surface area contributed by atoms with Crippen LogP contribution in [0.3, 0.4) is 0 Å². The van der Waals surface area contributed by atoms with E-state index in [0.29, 0.717) is 37.1 Å². The first-order chi connectivity index (χ1) is 15.9. The van der Waals surface area contributed by atoms with Crippen LogP contribution in [0.2, 0.25) is 0 Å². The Morgan fingerprint density at radius 2 is 1.76 bits per heavy atom. The lowest BCUT2D eigenvalue weighted by atomic mass is 9.89. The number of pyridine rings is 1. The molecule has 1 N–H and O–H groups in total. The monoisotopic (exact) mass is 445 g/mol. The summed E-state index contributed by atoms with van der Waals surface area (Å²) in [6.07, 6.45) is 1.40. The van der Waals surface area contributed by atoms with Crippen LogP contribution in [0.1, 0.15) is 69.4 Å². The topological polar surface area (TPSA) is 62.3 Å². The molecule has 33 heavy (non-hydrogen) atoms. The summed E-state index contributed by atoms with van der Waals surface area (Å²) in [6.45, 7) is 4.96. The molecule has 2 heterocycles. The Hall–Kier alpha value is -3.54. The Kier molecular flexibility index (Phi) is 6.82. The van der Waals surface area contributed by atoms with Gasteiger partial charge in [-0.05, 0) is 62.6 Å². The zero-order valence-electron chi connectivity index (χ0n) is 18.9. The Labute approximate surface area is 193 Å². The quantitative estimate of drug-likeness (QED) is 0.599. The van der Waals surface area contributed by atoms with Gasteiger partial charge in [-0.3, -0.25) is 14.6 Å². The van der Waals surface area contributed by atoms with E-state index < -0.39 is 5.82 Å². The van der Waals surface area contributed by atoms with E-state index in [1.165, 1.54) is 12.1 Å². The number of aryl methyl sites for hydroxylation is 1. The lowest BCUT2D eigenvalue weighted by Gasteiger charge is -2.32. The Bertz CT molecular complexity index is 1140. The van der Waals surface area contributed by atoms with Gasteiger partial charge >= 0.3 is 0 Å². The molecule has 6 heteroatoms. The van der Waals surface area contributed by atoms with Gasteiger partial charge in [0, 0.05) is 30.3 Å². The second-order valence-electron chi connectivity index (χ2n) is 8.57. The third-order valence-electron chi connectivity index (χ3n) is 6.20. The highest BCUT2D eigenvalue weighted by molar-refractivity contribution is 5.96. The van der Waals surface area contributed by atoms with Crippen molar-refractivity contribution in [2.24, 2.45) is 0 Å². The minimum Gasteiger partial charge on any atom is -0.345 e. The van der Waals surface area contributed by atoms with Crippen LogP contribution in [-0.4, -0.2) is 34.8 Å². The third kappa shape index (κ3) is 5.28. The van der Waals surface area contributed by atoms with E-state index in [0.717, 1.165) is 17.0 Å². The van der Waals surface area contributed by atoms with Crippen LogP contribution >= 0.6 is 0 Å². The average Bonchev–Trinajstić information content (AvgIpc) is 2.84. The number of rotatable bonds is 5. The molecule has 1 unspecified atom stereocenters. The molecule has 0 spiro atoms. The highest BCUT2D eigenvalue weighted by Gasteiger charge is 2.29. The van der Waals surface area contributed by atoms with E-state index in [2.05, 4.69) is 5.32 Å². The van der Waals surface area contributed by atoms with Crippen LogP contribution in [0.5, 0.6) is 0 Å². The number of amides is 2. The summed E-state index contributed by atoms with van der Waals surface area (Å²) in [5.41, 5.74) is 3.62. The minimum absolute atomic E-state index is 0.0780. The Morgan fingerprint density at radius 3 is 2.45 bits per heavy atom. The van der Waals surface area contributed by atoms with Crippen LogP contribution < -0.4 is 5.32 Å². The molecule has 1 aliphatic rings. The van der Waals surface area contributed by atoms with Crippen molar-refractivity contribution in [2.45, 2.75) is 38.6 Å². The van der Waals surface area contributed by atoms with Gasteiger partial charge in [0.2, 0.25) is 0 Å². The number of nitrogens with one attached hydrogen (secondary N) is 1. The lowest BCUT2D eigenvalue weighted by molar-refractivity contribution is 0.0710. The molecule has 3 aromatic rings. The predicted octanol–water partition coefficient (Wildman–Crippen LogP) is 5.04. The maximum atomic E-state index is 13.5. The highest BCUT2D eigenvalue weighted by Crippen LogP contribution is 2.30. The maximum Gasteiger partial charge on any atom is 0.253 e. The van der Waals surface area contributed by atoms with Gasteiger partial charge in [0.05, 0.1) is 17.3 Å². The van der Waals surface area contributed by atoms with Gasteiger partial charge in [-0.25, -0.2) is 4.39 Å². The van der Waals surface area contributed by atoms with Gasteiger partial charge < -0.3 is 10.2 Å². The number of hydrogen-bond acceptors (Lipinski definition) is 3. The van der Waals surface area contributed by atoms with Gasteiger partial charge in [-0.1, -0.05) is 36.4 Å². The summed E-state index contributed by atoms with van der Waals surface area (Å²) in [6, 6.07) is 19.2. The van der Waals surface area contributed by atoms with Crippen molar-refractivity contribution in [3.63, 3.8) is 0 Å². The molecule has 0 bridgehead atoms. The number of nitrogens with zero attached hydrogens (tertiary/aromatic N) is 2. The van der Waals surface area contributed by atoms with Crippen molar-refractivity contribution in [1.29, 1.82) is 0 Å². The first-order valence-electron chi connectivity index (χ1n) is 11.3. The fourth-order valence-electron chi connectivity index (χ4n) is 4.34. The smallest absolute Gasteiger partial charge is 0.253 e. The third-order valence-corrected chi connectivity index (χ3v) is 6.20. The molecule has 5 nitrogen and oxygen atoms in total. The number of hydrogen-bond donors (Lipinski definition) is 1. The van der Waals surface area contributed by atoms with Gasteiger partial charge in [-0.2, -0.15) is 0 Å². The number of benzene rings is 2. The molecule has 0 aliphatic carbocycles. The van der Waals surface area contributed by atoms with Crippen molar-refractivity contribution < 1.29 is 14.0 Å². The first-order valence-corrected chi connectivity index (χ1v) is 11.3. The Balaban J connectivity index is 1.47. The van der Waals surface area contributed by atoms with Crippen LogP contribution in [0.4, 0.5) is 4.39 Å². The normalized spacial score (nSPS) is 15.2. The van der Waals surface area contributed by atoms with Crippen molar-refractivity contribution in [3.05, 3.63) is 101 Å². The van der Waals surface area contributed by atoms with Crippen LogP contribution in [0, 0.1) is 12.7 Å². The van der Waals surface area contributed by atoms with Gasteiger partial charge in [0.1, 0.15) is 5.82 Å². The molecule has 2 aromatic carbocycles. The maximum absolute atomic E-state index is 13.5. The van der Waals surface area contributed by atoms with Crippen molar-refractivity contribution in [1.82, 2.24) is 15.2 Å². The minimum atomic E-state index is -0.417. The average molecular weight is 446 g/mol. The largest absolute Gasteiger partial charge is 0.345 e. The molecule has 4 rings (SSSR count). The second kappa shape index (κ2) is 9.94. The van der Waals surface area contributed by atoms with Gasteiger partial charge in [0.15, 0.2) is 0 Å². The molecule has 0 radical (unpaired) electrons.